The third kappa shape index (κ3) is 3.12. The number of amides is 1. The molecule has 5 nitrogen and oxygen atoms in total. The number of anilines is 1. The molecule has 0 aliphatic rings. The fourth-order valence-electron chi connectivity index (χ4n) is 1.43. The minimum Gasteiger partial charge on any atom is -0.359 e. The van der Waals surface area contributed by atoms with Gasteiger partial charge in [-0.15, -0.1) is 0 Å². The van der Waals surface area contributed by atoms with Crippen LogP contribution in [0.4, 0.5) is 5.82 Å². The minimum absolute atomic E-state index is 0.152. The molecule has 0 saturated carbocycles. The highest BCUT2D eigenvalue weighted by Gasteiger charge is 2.21. The van der Waals surface area contributed by atoms with E-state index in [1.807, 2.05) is 20.8 Å². The van der Waals surface area contributed by atoms with Crippen molar-refractivity contribution in [2.45, 2.75) is 26.2 Å². The first-order chi connectivity index (χ1) is 8.88. The molecule has 0 aromatic carbocycles. The Kier molecular flexibility index (Phi) is 3.57. The highest BCUT2D eigenvalue weighted by molar-refractivity contribution is 6.33. The van der Waals surface area contributed by atoms with E-state index in [2.05, 4.69) is 15.5 Å². The Labute approximate surface area is 116 Å². The smallest absolute Gasteiger partial charge is 0.260 e. The maximum Gasteiger partial charge on any atom is 0.260 e. The van der Waals surface area contributed by atoms with Gasteiger partial charge in [0.1, 0.15) is 10.9 Å². The monoisotopic (exact) mass is 279 g/mol. The lowest BCUT2D eigenvalue weighted by Crippen LogP contribution is -2.13. The van der Waals surface area contributed by atoms with E-state index in [1.54, 1.807) is 18.2 Å². The van der Waals surface area contributed by atoms with Crippen LogP contribution in [0, 0.1) is 0 Å². The van der Waals surface area contributed by atoms with Crippen molar-refractivity contribution in [2.75, 3.05) is 5.32 Å². The van der Waals surface area contributed by atoms with Crippen molar-refractivity contribution in [3.63, 3.8) is 0 Å². The summed E-state index contributed by atoms with van der Waals surface area (Å²) in [6, 6.07) is 4.93. The predicted octanol–water partition coefficient (Wildman–Crippen LogP) is 3.27. The summed E-state index contributed by atoms with van der Waals surface area (Å²) in [5.41, 5.74) is 0.131. The van der Waals surface area contributed by atoms with Crippen LogP contribution in [0.15, 0.2) is 28.9 Å². The Morgan fingerprint density at radius 1 is 1.42 bits per heavy atom. The van der Waals surface area contributed by atoms with E-state index in [-0.39, 0.29) is 16.5 Å². The maximum absolute atomic E-state index is 12.0. The third-order valence-electron chi connectivity index (χ3n) is 2.49. The summed E-state index contributed by atoms with van der Waals surface area (Å²) in [5.74, 6) is 0.682. The largest absolute Gasteiger partial charge is 0.359 e. The molecule has 2 rings (SSSR count). The third-order valence-corrected chi connectivity index (χ3v) is 2.80. The first-order valence-corrected chi connectivity index (χ1v) is 6.15. The molecule has 2 aromatic heterocycles. The number of nitrogens with one attached hydrogen (secondary N) is 1. The lowest BCUT2D eigenvalue weighted by atomic mass is 9.93. The van der Waals surface area contributed by atoms with Crippen molar-refractivity contribution in [2.24, 2.45) is 0 Å². The van der Waals surface area contributed by atoms with Gasteiger partial charge in [0.2, 0.25) is 0 Å². The van der Waals surface area contributed by atoms with Gasteiger partial charge < -0.3 is 9.84 Å². The number of aromatic nitrogens is 2. The Hall–Kier alpha value is -1.88. The van der Waals surface area contributed by atoms with E-state index >= 15 is 0 Å². The standard InChI is InChI=1S/C13H14ClN3O2/c1-13(2,3)9-7-10(17-19-9)16-12(18)8-5-4-6-15-11(8)14/h4-7H,1-3H3,(H,16,17,18). The molecular formula is C13H14ClN3O2. The average Bonchev–Trinajstić information content (AvgIpc) is 2.77. The molecule has 0 fully saturated rings. The van der Waals surface area contributed by atoms with Gasteiger partial charge in [0, 0.05) is 17.7 Å². The zero-order valence-corrected chi connectivity index (χ0v) is 11.7. The number of pyridine rings is 1. The number of hydrogen-bond donors (Lipinski definition) is 1. The van der Waals surface area contributed by atoms with Crippen LogP contribution in [-0.2, 0) is 5.41 Å². The fraction of sp³-hybridized carbons (Fsp3) is 0.308. The van der Waals surface area contributed by atoms with Gasteiger partial charge in [-0.3, -0.25) is 4.79 Å². The van der Waals surface area contributed by atoms with E-state index < -0.39 is 0 Å². The summed E-state index contributed by atoms with van der Waals surface area (Å²) < 4.78 is 5.18. The van der Waals surface area contributed by atoms with Crippen molar-refractivity contribution in [3.05, 3.63) is 40.9 Å². The normalized spacial score (nSPS) is 11.4. The van der Waals surface area contributed by atoms with Crippen LogP contribution in [0.1, 0.15) is 36.9 Å². The molecule has 0 saturated heterocycles. The first-order valence-electron chi connectivity index (χ1n) is 5.77. The van der Waals surface area contributed by atoms with Gasteiger partial charge in [0.05, 0.1) is 5.56 Å². The van der Waals surface area contributed by atoms with Crippen LogP contribution in [0.3, 0.4) is 0 Å². The molecular weight excluding hydrogens is 266 g/mol. The molecule has 0 bridgehead atoms. The quantitative estimate of drug-likeness (QED) is 0.857. The molecule has 1 N–H and O–H groups in total. The van der Waals surface area contributed by atoms with E-state index in [0.29, 0.717) is 17.1 Å². The van der Waals surface area contributed by atoms with Crippen molar-refractivity contribution < 1.29 is 9.32 Å². The summed E-state index contributed by atoms with van der Waals surface area (Å²) in [6.07, 6.45) is 1.52. The molecule has 0 atom stereocenters. The van der Waals surface area contributed by atoms with Crippen LogP contribution in [-0.4, -0.2) is 16.0 Å². The van der Waals surface area contributed by atoms with Crippen molar-refractivity contribution in [3.8, 4) is 0 Å². The molecule has 0 aliphatic carbocycles. The van der Waals surface area contributed by atoms with Gasteiger partial charge in [-0.25, -0.2) is 4.98 Å². The van der Waals surface area contributed by atoms with Gasteiger partial charge >= 0.3 is 0 Å². The second-order valence-electron chi connectivity index (χ2n) is 5.12. The SMILES string of the molecule is CC(C)(C)c1cc(NC(=O)c2cccnc2Cl)no1. The lowest BCUT2D eigenvalue weighted by molar-refractivity contribution is 0.102. The molecule has 0 aliphatic heterocycles. The van der Waals surface area contributed by atoms with Gasteiger partial charge in [-0.05, 0) is 12.1 Å². The van der Waals surface area contributed by atoms with Crippen LogP contribution < -0.4 is 5.32 Å². The van der Waals surface area contributed by atoms with Crippen molar-refractivity contribution in [1.29, 1.82) is 0 Å². The minimum atomic E-state index is -0.369. The second-order valence-corrected chi connectivity index (χ2v) is 5.48. The van der Waals surface area contributed by atoms with E-state index in [0.717, 1.165) is 0 Å². The molecule has 19 heavy (non-hydrogen) atoms. The highest BCUT2D eigenvalue weighted by atomic mass is 35.5. The van der Waals surface area contributed by atoms with E-state index in [9.17, 15) is 4.79 Å². The number of halogens is 1. The lowest BCUT2D eigenvalue weighted by Gasteiger charge is -2.12. The number of rotatable bonds is 2. The average molecular weight is 280 g/mol. The van der Waals surface area contributed by atoms with Gasteiger partial charge in [0.25, 0.3) is 5.91 Å². The first kappa shape index (κ1) is 13.5. The Morgan fingerprint density at radius 2 is 2.16 bits per heavy atom. The molecule has 0 radical (unpaired) electrons. The number of carbonyl (C=O) groups is 1. The Morgan fingerprint density at radius 3 is 2.74 bits per heavy atom. The zero-order valence-electron chi connectivity index (χ0n) is 10.9. The molecule has 6 heteroatoms. The highest BCUT2D eigenvalue weighted by Crippen LogP contribution is 2.24. The summed E-state index contributed by atoms with van der Waals surface area (Å²) in [7, 11) is 0. The summed E-state index contributed by atoms with van der Waals surface area (Å²) in [6.45, 7) is 5.99. The molecule has 1 amide bonds. The molecule has 2 heterocycles. The van der Waals surface area contributed by atoms with Crippen LogP contribution in [0.5, 0.6) is 0 Å². The van der Waals surface area contributed by atoms with Gasteiger partial charge in [0.15, 0.2) is 5.82 Å². The summed E-state index contributed by atoms with van der Waals surface area (Å²) in [5, 5.41) is 6.58. The van der Waals surface area contributed by atoms with Crippen LogP contribution in [0.25, 0.3) is 0 Å². The van der Waals surface area contributed by atoms with Crippen molar-refractivity contribution >= 4 is 23.3 Å². The number of nitrogens with zero attached hydrogens (tertiary/aromatic N) is 2. The van der Waals surface area contributed by atoms with Crippen LogP contribution in [0.2, 0.25) is 5.15 Å². The summed E-state index contributed by atoms with van der Waals surface area (Å²) >= 11 is 5.85. The van der Waals surface area contributed by atoms with E-state index in [1.165, 1.54) is 6.20 Å². The summed E-state index contributed by atoms with van der Waals surface area (Å²) in [4.78, 5) is 15.8. The number of carbonyl (C=O) groups excluding carboxylic acids is 1. The van der Waals surface area contributed by atoms with Crippen molar-refractivity contribution in [1.82, 2.24) is 10.1 Å². The molecule has 100 valence electrons. The molecule has 2 aromatic rings. The Balaban J connectivity index is 2.16. The van der Waals surface area contributed by atoms with Gasteiger partial charge in [-0.2, -0.15) is 0 Å². The topological polar surface area (TPSA) is 68.0 Å². The van der Waals surface area contributed by atoms with Crippen LogP contribution >= 0.6 is 11.6 Å². The zero-order chi connectivity index (χ0) is 14.0. The molecule has 0 unspecified atom stereocenters. The second kappa shape index (κ2) is 5.01. The van der Waals surface area contributed by atoms with Gasteiger partial charge in [-0.1, -0.05) is 37.5 Å². The Bertz CT molecular complexity index is 602. The predicted molar refractivity (Wildman–Crippen MR) is 72.4 cm³/mol. The van der Waals surface area contributed by atoms with E-state index in [4.69, 9.17) is 16.1 Å². The number of hydrogen-bond acceptors (Lipinski definition) is 4. The fourth-order valence-corrected chi connectivity index (χ4v) is 1.63. The molecule has 0 spiro atoms. The maximum atomic E-state index is 12.0.